The number of hydrogen-bond donors (Lipinski definition) is 0. The smallest absolute Gasteiger partial charge is 0.272 e. The lowest BCUT2D eigenvalue weighted by molar-refractivity contribution is -0.385. The van der Waals surface area contributed by atoms with Gasteiger partial charge in [0, 0.05) is 20.7 Å². The van der Waals surface area contributed by atoms with E-state index in [1.807, 2.05) is 0 Å². The normalized spacial score (nSPS) is 29.4. The summed E-state index contributed by atoms with van der Waals surface area (Å²) in [5.74, 6) is -2.87. The Labute approximate surface area is 216 Å². The second-order valence-electron chi connectivity index (χ2n) is 8.72. The van der Waals surface area contributed by atoms with E-state index in [1.54, 1.807) is 24.3 Å². The molecule has 3 aliphatic rings. The molecule has 0 radical (unpaired) electrons. The van der Waals surface area contributed by atoms with Crippen molar-refractivity contribution in [3.05, 3.63) is 74.8 Å². The third kappa shape index (κ3) is 3.49. The second kappa shape index (κ2) is 8.73. The fourth-order valence-corrected chi connectivity index (χ4v) is 7.61. The van der Waals surface area contributed by atoms with Crippen molar-refractivity contribution in [3.8, 4) is 0 Å². The van der Waals surface area contributed by atoms with Gasteiger partial charge in [0.25, 0.3) is 23.4 Å². The predicted octanol–water partition coefficient (Wildman–Crippen LogP) is 4.58. The Morgan fingerprint density at radius 3 is 2.18 bits per heavy atom. The number of hydrogen-bond acceptors (Lipinski definition) is 5. The van der Waals surface area contributed by atoms with E-state index in [2.05, 4.69) is 31.9 Å². The lowest BCUT2D eigenvalue weighted by atomic mass is 9.81. The quantitative estimate of drug-likeness (QED) is 0.213. The Bertz CT molecular complexity index is 1190. The molecule has 3 fully saturated rings. The maximum Gasteiger partial charge on any atom is 0.282 e. The molecule has 0 spiro atoms. The first-order valence-electron chi connectivity index (χ1n) is 10.7. The molecule has 2 aromatic rings. The van der Waals surface area contributed by atoms with Crippen LogP contribution in [0, 0.1) is 33.8 Å². The van der Waals surface area contributed by atoms with E-state index in [9.17, 15) is 24.5 Å². The zero-order valence-corrected chi connectivity index (χ0v) is 21.4. The predicted molar refractivity (Wildman–Crippen MR) is 130 cm³/mol. The summed E-state index contributed by atoms with van der Waals surface area (Å²) >= 11 is 13.6. The molecule has 2 aliphatic carbocycles. The summed E-state index contributed by atoms with van der Waals surface area (Å²) in [5, 5.41) is 13.9. The largest absolute Gasteiger partial charge is 0.282 e. The molecule has 3 amide bonds. The van der Waals surface area contributed by atoms with Crippen molar-refractivity contribution in [1.82, 2.24) is 10.0 Å². The Morgan fingerprint density at radius 1 is 1.03 bits per heavy atom. The molecule has 5 rings (SSSR count). The minimum absolute atomic E-state index is 0.0378. The van der Waals surface area contributed by atoms with Gasteiger partial charge in [-0.3, -0.25) is 24.5 Å². The Hall–Kier alpha value is -2.30. The van der Waals surface area contributed by atoms with Crippen LogP contribution < -0.4 is 0 Å². The fraction of sp³-hybridized carbons (Fsp3) is 0.348. The highest BCUT2D eigenvalue weighted by atomic mass is 79.9. The maximum atomic E-state index is 13.7. The number of carbonyl (C=O) groups is 3. The molecule has 2 aromatic carbocycles. The van der Waals surface area contributed by atoms with Crippen LogP contribution in [0.4, 0.5) is 5.69 Å². The summed E-state index contributed by atoms with van der Waals surface area (Å²) in [7, 11) is 0. The summed E-state index contributed by atoms with van der Waals surface area (Å²) < 4.78 is 0. The number of nitro benzene ring substituents is 1. The van der Waals surface area contributed by atoms with E-state index < -0.39 is 40.2 Å². The van der Waals surface area contributed by atoms with Gasteiger partial charge in [-0.25, -0.2) is 5.01 Å². The number of para-hydroxylation sites is 1. The number of amides is 3. The summed E-state index contributed by atoms with van der Waals surface area (Å²) in [5.41, 5.74) is -0.109. The van der Waals surface area contributed by atoms with Crippen LogP contribution in [0.25, 0.3) is 0 Å². The topological polar surface area (TPSA) is 101 Å². The lowest BCUT2D eigenvalue weighted by Gasteiger charge is -2.31. The van der Waals surface area contributed by atoms with Crippen LogP contribution in [-0.2, 0) is 16.1 Å². The number of hydrazine groups is 1. The highest BCUT2D eigenvalue weighted by molar-refractivity contribution is 9.12. The number of nitro groups is 1. The van der Waals surface area contributed by atoms with Gasteiger partial charge < -0.3 is 0 Å². The molecule has 0 aromatic heterocycles. The third-order valence-electron chi connectivity index (χ3n) is 7.05. The molecule has 1 heterocycles. The molecule has 0 N–H and O–H groups in total. The molecule has 1 saturated heterocycles. The van der Waals surface area contributed by atoms with Crippen LogP contribution in [0.5, 0.6) is 0 Å². The SMILES string of the molecule is O=C(c1ccccc1[N+](=O)[O-])N(Cc1ccccc1Cl)N1C(=O)[C@@H]2[C@H]3C[C@@H]([C@H](Br)[C@H]3Br)[C@H]2C1=O. The number of rotatable bonds is 5. The fourth-order valence-electron chi connectivity index (χ4n) is 5.55. The van der Waals surface area contributed by atoms with Crippen molar-refractivity contribution in [1.29, 1.82) is 0 Å². The summed E-state index contributed by atoms with van der Waals surface area (Å²) in [6.45, 7) is -0.188. The lowest BCUT2D eigenvalue weighted by Crippen LogP contribution is -2.50. The van der Waals surface area contributed by atoms with Gasteiger partial charge in [0.1, 0.15) is 5.56 Å². The van der Waals surface area contributed by atoms with Gasteiger partial charge in [-0.1, -0.05) is 73.8 Å². The monoisotopic (exact) mass is 609 g/mol. The maximum absolute atomic E-state index is 13.7. The molecule has 8 nitrogen and oxygen atoms in total. The Morgan fingerprint density at radius 2 is 1.59 bits per heavy atom. The van der Waals surface area contributed by atoms with Crippen molar-refractivity contribution in [3.63, 3.8) is 0 Å². The highest BCUT2D eigenvalue weighted by Gasteiger charge is 2.67. The van der Waals surface area contributed by atoms with Crippen molar-refractivity contribution < 1.29 is 19.3 Å². The molecule has 34 heavy (non-hydrogen) atoms. The second-order valence-corrected chi connectivity index (χ2v) is 11.2. The summed E-state index contributed by atoms with van der Waals surface area (Å²) in [6.07, 6.45) is 0.745. The van der Waals surface area contributed by atoms with Crippen molar-refractivity contribution in [2.75, 3.05) is 0 Å². The number of nitrogens with zero attached hydrogens (tertiary/aromatic N) is 3. The van der Waals surface area contributed by atoms with Gasteiger partial charge in [-0.15, -0.1) is 0 Å². The number of carbonyl (C=O) groups excluding carboxylic acids is 3. The Balaban J connectivity index is 1.58. The van der Waals surface area contributed by atoms with E-state index in [1.165, 1.54) is 24.3 Å². The van der Waals surface area contributed by atoms with Gasteiger partial charge in [-0.05, 0) is 36.0 Å². The molecular formula is C23H18Br2ClN3O5. The Kier molecular flexibility index (Phi) is 6.02. The minimum atomic E-state index is -0.813. The van der Waals surface area contributed by atoms with E-state index in [0.717, 1.165) is 16.4 Å². The number of imide groups is 1. The zero-order valence-electron chi connectivity index (χ0n) is 17.5. The number of halogens is 3. The third-order valence-corrected chi connectivity index (χ3v) is 10.6. The zero-order chi connectivity index (χ0) is 24.3. The van der Waals surface area contributed by atoms with Gasteiger partial charge >= 0.3 is 0 Å². The average Bonchev–Trinajstić information content (AvgIpc) is 3.43. The first-order valence-corrected chi connectivity index (χ1v) is 12.9. The number of alkyl halides is 2. The first-order chi connectivity index (χ1) is 16.2. The minimum Gasteiger partial charge on any atom is -0.272 e. The van der Waals surface area contributed by atoms with E-state index in [4.69, 9.17) is 11.6 Å². The van der Waals surface area contributed by atoms with E-state index in [-0.39, 0.29) is 33.6 Å². The van der Waals surface area contributed by atoms with Gasteiger partial charge in [-0.2, -0.15) is 5.01 Å². The van der Waals surface area contributed by atoms with E-state index >= 15 is 0 Å². The van der Waals surface area contributed by atoms with Gasteiger partial charge in [0.2, 0.25) is 0 Å². The van der Waals surface area contributed by atoms with E-state index in [0.29, 0.717) is 10.6 Å². The molecule has 1 aliphatic heterocycles. The molecule has 0 unspecified atom stereocenters. The number of fused-ring (bicyclic) bond motifs is 5. The molecule has 176 valence electrons. The van der Waals surface area contributed by atoms with Crippen LogP contribution in [-0.4, -0.2) is 42.3 Å². The molecule has 6 atom stereocenters. The van der Waals surface area contributed by atoms with Crippen molar-refractivity contribution in [2.45, 2.75) is 22.6 Å². The van der Waals surface area contributed by atoms with Crippen LogP contribution in [0.1, 0.15) is 22.3 Å². The summed E-state index contributed by atoms with van der Waals surface area (Å²) in [6, 6.07) is 12.3. The standard InChI is InChI=1S/C23H18Br2ClN3O5/c24-19-13-9-14(20(19)25)18-17(13)22(31)28(23(18)32)27(10-11-5-1-3-7-15(11)26)21(30)12-6-2-4-8-16(12)29(33)34/h1-8,13-14,17-20H,9-10H2/t13-,14-,17-,18-,19+,20+/m1/s1. The van der Waals surface area contributed by atoms with Gasteiger partial charge in [0.15, 0.2) is 0 Å². The van der Waals surface area contributed by atoms with Crippen LogP contribution >= 0.6 is 43.5 Å². The van der Waals surface area contributed by atoms with Gasteiger partial charge in [0.05, 0.1) is 23.3 Å². The molecular weight excluding hydrogens is 594 g/mol. The van der Waals surface area contributed by atoms with Crippen LogP contribution in [0.3, 0.4) is 0 Å². The van der Waals surface area contributed by atoms with Crippen molar-refractivity contribution in [2.24, 2.45) is 23.7 Å². The van der Waals surface area contributed by atoms with Crippen LogP contribution in [0.2, 0.25) is 5.02 Å². The highest BCUT2D eigenvalue weighted by Crippen LogP contribution is 2.60. The average molecular weight is 612 g/mol. The molecule has 2 saturated carbocycles. The number of benzene rings is 2. The molecule has 11 heteroatoms. The van der Waals surface area contributed by atoms with Crippen molar-refractivity contribution >= 4 is 66.9 Å². The van der Waals surface area contributed by atoms with Crippen LogP contribution in [0.15, 0.2) is 48.5 Å². The summed E-state index contributed by atoms with van der Waals surface area (Å²) in [4.78, 5) is 52.0. The molecule has 2 bridgehead atoms. The first kappa shape index (κ1) is 23.4.